The summed E-state index contributed by atoms with van der Waals surface area (Å²) in [7, 11) is -3.71. The highest BCUT2D eigenvalue weighted by Crippen LogP contribution is 2.24. The SMILES string of the molecule is Cc1ccc(C(=O)N(CCN2CCOCC2)Cc2cnc(S(=O)(=O)Cc3ccccc3C)n2C(C)C)cc1. The van der Waals surface area contributed by atoms with Gasteiger partial charge in [0.05, 0.1) is 37.4 Å². The number of morpholine rings is 1. The molecule has 0 bridgehead atoms. The number of nitrogens with zero attached hydrogens (tertiary/aromatic N) is 4. The summed E-state index contributed by atoms with van der Waals surface area (Å²) >= 11 is 0. The molecule has 0 aliphatic carbocycles. The van der Waals surface area contributed by atoms with Crippen LogP contribution in [0.5, 0.6) is 0 Å². The molecule has 1 saturated heterocycles. The summed E-state index contributed by atoms with van der Waals surface area (Å²) < 4.78 is 34.3. The number of ether oxygens (including phenoxy) is 1. The van der Waals surface area contributed by atoms with E-state index < -0.39 is 9.84 Å². The number of aromatic nitrogens is 2. The van der Waals surface area contributed by atoms with Gasteiger partial charge in [-0.1, -0.05) is 42.0 Å². The summed E-state index contributed by atoms with van der Waals surface area (Å²) in [5, 5.41) is 0.0432. The maximum absolute atomic E-state index is 13.6. The Kier molecular flexibility index (Phi) is 9.02. The van der Waals surface area contributed by atoms with Gasteiger partial charge in [-0.2, -0.15) is 0 Å². The molecule has 0 N–H and O–H groups in total. The van der Waals surface area contributed by atoms with Crippen molar-refractivity contribution in [2.24, 2.45) is 0 Å². The summed E-state index contributed by atoms with van der Waals surface area (Å²) in [5.74, 6) is -0.203. The monoisotopic (exact) mass is 538 g/mol. The van der Waals surface area contributed by atoms with Gasteiger partial charge in [-0.15, -0.1) is 0 Å². The number of carbonyl (C=O) groups is 1. The molecule has 1 aliphatic heterocycles. The van der Waals surface area contributed by atoms with Crippen LogP contribution in [0.25, 0.3) is 0 Å². The van der Waals surface area contributed by atoms with Crippen molar-refractivity contribution in [2.45, 2.75) is 51.2 Å². The molecular formula is C29H38N4O4S. The van der Waals surface area contributed by atoms with Crippen LogP contribution in [-0.2, 0) is 26.9 Å². The van der Waals surface area contributed by atoms with Gasteiger partial charge in [-0.3, -0.25) is 9.69 Å². The average molecular weight is 539 g/mol. The maximum atomic E-state index is 13.6. The first-order chi connectivity index (χ1) is 18.2. The third-order valence-corrected chi connectivity index (χ3v) is 8.52. The number of benzene rings is 2. The Labute approximate surface area is 226 Å². The van der Waals surface area contributed by atoms with Gasteiger partial charge in [0.25, 0.3) is 5.91 Å². The topological polar surface area (TPSA) is 84.7 Å². The fourth-order valence-electron chi connectivity index (χ4n) is 4.73. The highest BCUT2D eigenvalue weighted by Gasteiger charge is 2.28. The number of imidazole rings is 1. The van der Waals surface area contributed by atoms with Crippen molar-refractivity contribution in [3.63, 3.8) is 0 Å². The molecule has 3 aromatic rings. The van der Waals surface area contributed by atoms with Crippen LogP contribution >= 0.6 is 0 Å². The van der Waals surface area contributed by atoms with Crippen LogP contribution in [0.1, 0.15) is 52.6 Å². The molecule has 204 valence electrons. The van der Waals surface area contributed by atoms with Gasteiger partial charge in [-0.05, 0) is 51.0 Å². The molecule has 4 rings (SSSR count). The minimum atomic E-state index is -3.71. The summed E-state index contributed by atoms with van der Waals surface area (Å²) in [6.07, 6.45) is 1.61. The predicted octanol–water partition coefficient (Wildman–Crippen LogP) is 4.03. The lowest BCUT2D eigenvalue weighted by molar-refractivity contribution is 0.0319. The van der Waals surface area contributed by atoms with E-state index in [2.05, 4.69) is 9.88 Å². The van der Waals surface area contributed by atoms with Gasteiger partial charge in [0.1, 0.15) is 0 Å². The Bertz CT molecular complexity index is 1340. The standard InChI is InChI=1S/C29H38N4O4S/c1-22(2)33-27(19-30-29(33)38(35,36)21-26-8-6-5-7-24(26)4)20-32(14-13-31-15-17-37-18-16-31)28(34)25-11-9-23(3)10-12-25/h5-12,19,22H,13-18,20-21H2,1-4H3. The minimum Gasteiger partial charge on any atom is -0.379 e. The van der Waals surface area contributed by atoms with E-state index >= 15 is 0 Å². The van der Waals surface area contributed by atoms with Crippen molar-refractivity contribution >= 4 is 15.7 Å². The zero-order valence-corrected chi connectivity index (χ0v) is 23.6. The van der Waals surface area contributed by atoms with Gasteiger partial charge in [-0.25, -0.2) is 13.4 Å². The van der Waals surface area contributed by atoms with Crippen LogP contribution in [0.15, 0.2) is 59.9 Å². The predicted molar refractivity (Wildman–Crippen MR) is 148 cm³/mol. The largest absolute Gasteiger partial charge is 0.379 e. The smallest absolute Gasteiger partial charge is 0.254 e. The quantitative estimate of drug-likeness (QED) is 0.388. The first-order valence-corrected chi connectivity index (χ1v) is 14.8. The lowest BCUT2D eigenvalue weighted by atomic mass is 10.1. The van der Waals surface area contributed by atoms with Crippen molar-refractivity contribution < 1.29 is 17.9 Å². The van der Waals surface area contributed by atoms with E-state index in [1.165, 1.54) is 0 Å². The number of sulfone groups is 1. The van der Waals surface area contributed by atoms with Crippen molar-refractivity contribution in [2.75, 3.05) is 39.4 Å². The van der Waals surface area contributed by atoms with E-state index in [1.54, 1.807) is 15.7 Å². The minimum absolute atomic E-state index is 0.0432. The molecule has 1 aromatic heterocycles. The molecular weight excluding hydrogens is 500 g/mol. The molecule has 2 heterocycles. The van der Waals surface area contributed by atoms with Gasteiger partial charge in [0.2, 0.25) is 15.0 Å². The van der Waals surface area contributed by atoms with Gasteiger partial charge in [0.15, 0.2) is 0 Å². The van der Waals surface area contributed by atoms with Crippen molar-refractivity contribution in [3.8, 4) is 0 Å². The third-order valence-electron chi connectivity index (χ3n) is 6.97. The average Bonchev–Trinajstić information content (AvgIpc) is 3.33. The van der Waals surface area contributed by atoms with Gasteiger partial charge >= 0.3 is 0 Å². The molecule has 0 spiro atoms. The Morgan fingerprint density at radius 3 is 2.39 bits per heavy atom. The van der Waals surface area contributed by atoms with E-state index in [0.29, 0.717) is 31.0 Å². The Morgan fingerprint density at radius 1 is 1.05 bits per heavy atom. The van der Waals surface area contributed by atoms with E-state index in [4.69, 9.17) is 4.74 Å². The number of aryl methyl sites for hydroxylation is 2. The normalized spacial score (nSPS) is 14.7. The fourth-order valence-corrected chi connectivity index (χ4v) is 6.44. The third kappa shape index (κ3) is 6.70. The van der Waals surface area contributed by atoms with Crippen LogP contribution in [0.4, 0.5) is 0 Å². The number of carbonyl (C=O) groups excluding carboxylic acids is 1. The fraction of sp³-hybridized carbons (Fsp3) is 0.448. The lowest BCUT2D eigenvalue weighted by Gasteiger charge is -2.30. The molecule has 2 aromatic carbocycles. The zero-order valence-electron chi connectivity index (χ0n) is 22.8. The first-order valence-electron chi connectivity index (χ1n) is 13.1. The molecule has 1 amide bonds. The second-order valence-corrected chi connectivity index (χ2v) is 12.1. The van der Waals surface area contributed by atoms with E-state index in [9.17, 15) is 13.2 Å². The maximum Gasteiger partial charge on any atom is 0.254 e. The number of hydrogen-bond donors (Lipinski definition) is 0. The molecule has 9 heteroatoms. The summed E-state index contributed by atoms with van der Waals surface area (Å²) in [6.45, 7) is 12.3. The van der Waals surface area contributed by atoms with Crippen molar-refractivity contribution in [3.05, 3.63) is 82.7 Å². The van der Waals surface area contributed by atoms with Crippen molar-refractivity contribution in [1.82, 2.24) is 19.4 Å². The molecule has 0 unspecified atom stereocenters. The molecule has 0 saturated carbocycles. The van der Waals surface area contributed by atoms with E-state index in [-0.39, 0.29) is 29.4 Å². The first kappa shape index (κ1) is 28.0. The van der Waals surface area contributed by atoms with Gasteiger partial charge in [0, 0.05) is 37.8 Å². The Hall–Kier alpha value is -3.01. The molecule has 38 heavy (non-hydrogen) atoms. The number of hydrogen-bond acceptors (Lipinski definition) is 6. The molecule has 1 aliphatic rings. The van der Waals surface area contributed by atoms with Gasteiger partial charge < -0.3 is 14.2 Å². The summed E-state index contributed by atoms with van der Waals surface area (Å²) in [5.41, 5.74) is 4.08. The van der Waals surface area contributed by atoms with Crippen LogP contribution < -0.4 is 0 Å². The molecule has 1 fully saturated rings. The van der Waals surface area contributed by atoms with E-state index in [0.717, 1.165) is 36.3 Å². The highest BCUT2D eigenvalue weighted by atomic mass is 32.2. The van der Waals surface area contributed by atoms with Crippen LogP contribution in [0, 0.1) is 13.8 Å². The Morgan fingerprint density at radius 2 is 1.74 bits per heavy atom. The molecule has 0 radical (unpaired) electrons. The zero-order chi connectivity index (χ0) is 27.3. The van der Waals surface area contributed by atoms with Crippen molar-refractivity contribution in [1.29, 1.82) is 0 Å². The summed E-state index contributed by atoms with van der Waals surface area (Å²) in [6, 6.07) is 14.9. The second-order valence-electron chi connectivity index (χ2n) is 10.2. The number of amides is 1. The highest BCUT2D eigenvalue weighted by molar-refractivity contribution is 7.90. The Balaban J connectivity index is 1.62. The van der Waals surface area contributed by atoms with Crippen LogP contribution in [0.3, 0.4) is 0 Å². The van der Waals surface area contributed by atoms with E-state index in [1.807, 2.05) is 76.2 Å². The molecule has 8 nitrogen and oxygen atoms in total. The summed E-state index contributed by atoms with van der Waals surface area (Å²) in [4.78, 5) is 22.1. The van der Waals surface area contributed by atoms with Crippen LogP contribution in [-0.4, -0.2) is 73.1 Å². The second kappa shape index (κ2) is 12.2. The van der Waals surface area contributed by atoms with Crippen LogP contribution in [0.2, 0.25) is 0 Å². The number of rotatable bonds is 10. The lowest BCUT2D eigenvalue weighted by Crippen LogP contribution is -2.43. The molecule has 0 atom stereocenters.